The number of aromatic nitrogens is 6. The zero-order valence-corrected chi connectivity index (χ0v) is 18.2. The Labute approximate surface area is 181 Å². The summed E-state index contributed by atoms with van der Waals surface area (Å²) in [5.74, 6) is 1.79. The van der Waals surface area contributed by atoms with E-state index in [1.54, 1.807) is 18.0 Å². The predicted octanol–water partition coefficient (Wildman–Crippen LogP) is 5.11. The number of hydrogen-bond acceptors (Lipinski definition) is 5. The maximum atomic E-state index is 4.51. The molecule has 0 bridgehead atoms. The van der Waals surface area contributed by atoms with Crippen LogP contribution in [0.3, 0.4) is 0 Å². The highest BCUT2D eigenvalue weighted by molar-refractivity contribution is 7.99. The Kier molecular flexibility index (Phi) is 6.59. The van der Waals surface area contributed by atoms with E-state index in [1.807, 2.05) is 41.3 Å². The Morgan fingerprint density at radius 2 is 1.87 bits per heavy atom. The Bertz CT molecular complexity index is 1070. The number of nitrogens with zero attached hydrogens (tertiary/aromatic N) is 6. The van der Waals surface area contributed by atoms with Crippen LogP contribution in [0.15, 0.2) is 66.2 Å². The first-order chi connectivity index (χ1) is 14.7. The average Bonchev–Trinajstić information content (AvgIpc) is 3.41. The van der Waals surface area contributed by atoms with Gasteiger partial charge in [0.15, 0.2) is 11.0 Å². The minimum atomic E-state index is 0.781. The van der Waals surface area contributed by atoms with Gasteiger partial charge in [-0.05, 0) is 56.5 Å². The third-order valence-electron chi connectivity index (χ3n) is 4.94. The first-order valence-corrected chi connectivity index (χ1v) is 11.3. The number of thioether (sulfide) groups is 1. The average molecular weight is 419 g/mol. The number of unbranched alkanes of at least 4 members (excludes halogenated alkanes) is 2. The molecule has 6 nitrogen and oxygen atoms in total. The normalized spacial score (nSPS) is 11.1. The second-order valence-electron chi connectivity index (χ2n) is 7.32. The molecule has 154 valence electrons. The minimum Gasteiger partial charge on any atom is -0.273 e. The van der Waals surface area contributed by atoms with Crippen molar-refractivity contribution in [2.24, 2.45) is 0 Å². The lowest BCUT2D eigenvalue weighted by Gasteiger charge is -2.13. The summed E-state index contributed by atoms with van der Waals surface area (Å²) in [6.45, 7) is 5.22. The molecule has 0 saturated carbocycles. The van der Waals surface area contributed by atoms with Crippen LogP contribution in [0.1, 0.15) is 30.4 Å². The highest BCUT2D eigenvalue weighted by Crippen LogP contribution is 2.29. The van der Waals surface area contributed by atoms with Crippen LogP contribution in [-0.2, 0) is 6.54 Å². The summed E-state index contributed by atoms with van der Waals surface area (Å²) in [6, 6.07) is 14.3. The van der Waals surface area contributed by atoms with Crippen molar-refractivity contribution in [1.29, 1.82) is 0 Å². The molecule has 0 atom stereocenters. The number of aryl methyl sites for hydroxylation is 3. The highest BCUT2D eigenvalue weighted by atomic mass is 32.2. The van der Waals surface area contributed by atoms with Crippen molar-refractivity contribution in [2.75, 3.05) is 5.75 Å². The highest BCUT2D eigenvalue weighted by Gasteiger charge is 2.18. The number of hydrogen-bond donors (Lipinski definition) is 0. The molecule has 0 N–H and O–H groups in total. The monoisotopic (exact) mass is 418 g/mol. The fraction of sp³-hybridized carbons (Fsp3) is 0.304. The van der Waals surface area contributed by atoms with Crippen molar-refractivity contribution in [3.05, 3.63) is 72.2 Å². The van der Waals surface area contributed by atoms with Gasteiger partial charge in [-0.15, -0.1) is 10.2 Å². The first kappa shape index (κ1) is 20.3. The van der Waals surface area contributed by atoms with Gasteiger partial charge in [0.2, 0.25) is 0 Å². The van der Waals surface area contributed by atoms with Crippen LogP contribution in [0.4, 0.5) is 0 Å². The Balaban J connectivity index is 1.49. The van der Waals surface area contributed by atoms with Crippen LogP contribution in [-0.4, -0.2) is 35.3 Å². The van der Waals surface area contributed by atoms with Gasteiger partial charge in [0.25, 0.3) is 0 Å². The molecule has 0 aliphatic rings. The van der Waals surface area contributed by atoms with Crippen LogP contribution in [0.5, 0.6) is 0 Å². The van der Waals surface area contributed by atoms with E-state index in [-0.39, 0.29) is 0 Å². The molecule has 4 aromatic rings. The van der Waals surface area contributed by atoms with Gasteiger partial charge in [0.05, 0.1) is 5.69 Å². The van der Waals surface area contributed by atoms with Gasteiger partial charge >= 0.3 is 0 Å². The van der Waals surface area contributed by atoms with Gasteiger partial charge in [-0.1, -0.05) is 41.9 Å². The molecule has 1 aromatic carbocycles. The molecule has 30 heavy (non-hydrogen) atoms. The van der Waals surface area contributed by atoms with Crippen molar-refractivity contribution < 1.29 is 0 Å². The SMILES string of the molecule is Cc1ccc(-n2c(SCCCCCn3cccn3)nnc2-c2ccccn2)c(C)c1. The van der Waals surface area contributed by atoms with Gasteiger partial charge in [-0.2, -0.15) is 5.10 Å². The summed E-state index contributed by atoms with van der Waals surface area (Å²) in [7, 11) is 0. The molecule has 0 amide bonds. The smallest absolute Gasteiger partial charge is 0.196 e. The molecule has 0 aliphatic carbocycles. The van der Waals surface area contributed by atoms with Crippen molar-refractivity contribution >= 4 is 11.8 Å². The fourth-order valence-corrected chi connectivity index (χ4v) is 4.39. The van der Waals surface area contributed by atoms with E-state index in [4.69, 9.17) is 0 Å². The van der Waals surface area contributed by atoms with Crippen LogP contribution < -0.4 is 0 Å². The number of pyridine rings is 1. The molecule has 3 heterocycles. The van der Waals surface area contributed by atoms with Gasteiger partial charge in [-0.25, -0.2) is 0 Å². The van der Waals surface area contributed by atoms with Crippen molar-refractivity contribution in [1.82, 2.24) is 29.5 Å². The molecular formula is C23H26N6S. The van der Waals surface area contributed by atoms with Crippen molar-refractivity contribution in [3.8, 4) is 17.2 Å². The fourth-order valence-electron chi connectivity index (χ4n) is 3.45. The summed E-state index contributed by atoms with van der Waals surface area (Å²) in [5.41, 5.74) is 4.38. The molecule has 0 saturated heterocycles. The van der Waals surface area contributed by atoms with E-state index >= 15 is 0 Å². The molecule has 3 aromatic heterocycles. The molecule has 0 radical (unpaired) electrons. The molecular weight excluding hydrogens is 392 g/mol. The second kappa shape index (κ2) is 9.71. The second-order valence-corrected chi connectivity index (χ2v) is 8.39. The lowest BCUT2D eigenvalue weighted by Crippen LogP contribution is -2.03. The van der Waals surface area contributed by atoms with Gasteiger partial charge in [0, 0.05) is 30.9 Å². The standard InChI is InChI=1S/C23H26N6S/c1-18-10-11-21(19(2)17-18)29-22(20-9-4-5-12-24-20)26-27-23(29)30-16-7-3-6-14-28-15-8-13-25-28/h4-5,8-13,15,17H,3,6-7,14,16H2,1-2H3. The van der Waals surface area contributed by atoms with E-state index in [2.05, 4.69) is 56.9 Å². The lowest BCUT2D eigenvalue weighted by atomic mass is 10.1. The van der Waals surface area contributed by atoms with Crippen LogP contribution in [0.25, 0.3) is 17.2 Å². The summed E-state index contributed by atoms with van der Waals surface area (Å²) >= 11 is 1.76. The Morgan fingerprint density at radius 3 is 2.63 bits per heavy atom. The van der Waals surface area contributed by atoms with Crippen molar-refractivity contribution in [3.63, 3.8) is 0 Å². The Hall–Kier alpha value is -2.93. The molecule has 4 rings (SSSR count). The van der Waals surface area contributed by atoms with E-state index in [0.29, 0.717) is 0 Å². The van der Waals surface area contributed by atoms with Crippen LogP contribution in [0, 0.1) is 13.8 Å². The Morgan fingerprint density at radius 1 is 0.933 bits per heavy atom. The number of rotatable bonds is 9. The summed E-state index contributed by atoms with van der Waals surface area (Å²) in [6.07, 6.45) is 9.06. The predicted molar refractivity (Wildman–Crippen MR) is 121 cm³/mol. The lowest BCUT2D eigenvalue weighted by molar-refractivity contribution is 0.554. The van der Waals surface area contributed by atoms with E-state index < -0.39 is 0 Å². The summed E-state index contributed by atoms with van der Waals surface area (Å²) < 4.78 is 4.13. The van der Waals surface area contributed by atoms with E-state index in [0.717, 1.165) is 53.9 Å². The number of benzene rings is 1. The largest absolute Gasteiger partial charge is 0.273 e. The zero-order valence-electron chi connectivity index (χ0n) is 17.4. The molecule has 7 heteroatoms. The molecule has 0 fully saturated rings. The molecule has 0 unspecified atom stereocenters. The molecule has 0 aliphatic heterocycles. The molecule has 0 spiro atoms. The van der Waals surface area contributed by atoms with Crippen LogP contribution in [0.2, 0.25) is 0 Å². The maximum absolute atomic E-state index is 4.51. The third-order valence-corrected chi connectivity index (χ3v) is 5.96. The van der Waals surface area contributed by atoms with Gasteiger partial charge in [-0.3, -0.25) is 14.2 Å². The van der Waals surface area contributed by atoms with E-state index in [1.165, 1.54) is 11.1 Å². The van der Waals surface area contributed by atoms with E-state index in [9.17, 15) is 0 Å². The zero-order chi connectivity index (χ0) is 20.8. The summed E-state index contributed by atoms with van der Waals surface area (Å²) in [5, 5.41) is 14.2. The van der Waals surface area contributed by atoms with Gasteiger partial charge < -0.3 is 0 Å². The minimum absolute atomic E-state index is 0.781. The van der Waals surface area contributed by atoms with Crippen molar-refractivity contribution in [2.45, 2.75) is 44.8 Å². The van der Waals surface area contributed by atoms with Gasteiger partial charge in [0.1, 0.15) is 5.69 Å². The first-order valence-electron chi connectivity index (χ1n) is 10.3. The quantitative estimate of drug-likeness (QED) is 0.279. The maximum Gasteiger partial charge on any atom is 0.196 e. The summed E-state index contributed by atoms with van der Waals surface area (Å²) in [4.78, 5) is 4.50. The third kappa shape index (κ3) is 4.79. The topological polar surface area (TPSA) is 61.4 Å². The van der Waals surface area contributed by atoms with Crippen LogP contribution >= 0.6 is 11.8 Å².